The van der Waals surface area contributed by atoms with E-state index in [0.29, 0.717) is 0 Å². The summed E-state index contributed by atoms with van der Waals surface area (Å²) in [7, 11) is 0. The first kappa shape index (κ1) is 15.1. The van der Waals surface area contributed by atoms with E-state index in [2.05, 4.69) is 15.6 Å². The molecule has 8 nitrogen and oxygen atoms in total. The van der Waals surface area contributed by atoms with Gasteiger partial charge in [0.05, 0.1) is 0 Å². The zero-order valence-corrected chi connectivity index (χ0v) is 10.9. The molecule has 0 aliphatic rings. The topological polar surface area (TPSA) is 129 Å². The molecule has 1 unspecified atom stereocenters. The quantitative estimate of drug-likeness (QED) is 0.567. The molecule has 4 N–H and O–H groups in total. The monoisotopic (exact) mass is 287 g/mol. The molecule has 0 aromatic carbocycles. The zero-order chi connectivity index (χ0) is 14.4. The maximum atomic E-state index is 11.7. The largest absolute Gasteiger partial charge is 0.480 e. The summed E-state index contributed by atoms with van der Waals surface area (Å²) >= 11 is 1.05. The van der Waals surface area contributed by atoms with Gasteiger partial charge in [0.25, 0.3) is 5.91 Å². The van der Waals surface area contributed by atoms with Gasteiger partial charge >= 0.3 is 5.97 Å². The summed E-state index contributed by atoms with van der Waals surface area (Å²) in [5, 5.41) is 23.8. The van der Waals surface area contributed by atoms with Crippen molar-refractivity contribution in [3.05, 3.63) is 11.1 Å². The number of nitrogens with zero attached hydrogens (tertiary/aromatic N) is 1. The van der Waals surface area contributed by atoms with E-state index in [9.17, 15) is 14.4 Å². The first-order chi connectivity index (χ1) is 8.93. The SMILES string of the molecule is CC(=O)Nc1nc(C(=O)NC(CCO)C(=O)O)cs1. The van der Waals surface area contributed by atoms with Gasteiger partial charge < -0.3 is 20.8 Å². The van der Waals surface area contributed by atoms with Crippen LogP contribution in [-0.2, 0) is 9.59 Å². The van der Waals surface area contributed by atoms with Crippen molar-refractivity contribution in [1.82, 2.24) is 10.3 Å². The molecule has 19 heavy (non-hydrogen) atoms. The van der Waals surface area contributed by atoms with Crippen molar-refractivity contribution >= 4 is 34.3 Å². The summed E-state index contributed by atoms with van der Waals surface area (Å²) in [6, 6.07) is -1.18. The molecule has 0 aliphatic carbocycles. The fraction of sp³-hybridized carbons (Fsp3) is 0.400. The second-order valence-corrected chi connectivity index (χ2v) is 4.45. The highest BCUT2D eigenvalue weighted by atomic mass is 32.1. The number of amides is 2. The molecule has 1 heterocycles. The molecule has 1 rings (SSSR count). The first-order valence-electron chi connectivity index (χ1n) is 5.31. The van der Waals surface area contributed by atoms with Crippen LogP contribution in [0.2, 0.25) is 0 Å². The Morgan fingerprint density at radius 1 is 1.47 bits per heavy atom. The first-order valence-corrected chi connectivity index (χ1v) is 6.19. The molecule has 104 valence electrons. The van der Waals surface area contributed by atoms with Gasteiger partial charge in [-0.1, -0.05) is 0 Å². The van der Waals surface area contributed by atoms with E-state index in [1.54, 1.807) is 0 Å². The van der Waals surface area contributed by atoms with Crippen LogP contribution in [-0.4, -0.2) is 45.6 Å². The van der Waals surface area contributed by atoms with Crippen molar-refractivity contribution in [3.63, 3.8) is 0 Å². The van der Waals surface area contributed by atoms with Crippen LogP contribution in [0.25, 0.3) is 0 Å². The number of carboxylic acid groups (broad SMARTS) is 1. The highest BCUT2D eigenvalue weighted by Gasteiger charge is 2.21. The Hall–Kier alpha value is -2.00. The highest BCUT2D eigenvalue weighted by Crippen LogP contribution is 2.15. The van der Waals surface area contributed by atoms with E-state index in [0.717, 1.165) is 11.3 Å². The number of carboxylic acids is 1. The average Bonchev–Trinajstić information content (AvgIpc) is 2.75. The van der Waals surface area contributed by atoms with E-state index < -0.39 is 17.9 Å². The van der Waals surface area contributed by atoms with Crippen LogP contribution in [0.15, 0.2) is 5.38 Å². The molecule has 0 aliphatic heterocycles. The number of nitrogens with one attached hydrogen (secondary N) is 2. The van der Waals surface area contributed by atoms with Gasteiger partial charge in [-0.2, -0.15) is 0 Å². The predicted molar refractivity (Wildman–Crippen MR) is 67.0 cm³/mol. The van der Waals surface area contributed by atoms with Gasteiger partial charge in [0.15, 0.2) is 5.13 Å². The normalized spacial score (nSPS) is 11.7. The lowest BCUT2D eigenvalue weighted by Gasteiger charge is -2.11. The molecule has 0 saturated carbocycles. The Morgan fingerprint density at radius 2 is 2.16 bits per heavy atom. The third kappa shape index (κ3) is 4.64. The zero-order valence-electron chi connectivity index (χ0n) is 10.0. The second-order valence-electron chi connectivity index (χ2n) is 3.60. The number of carbonyl (C=O) groups is 3. The van der Waals surface area contributed by atoms with Gasteiger partial charge in [0, 0.05) is 25.3 Å². The molecule has 9 heteroatoms. The molecule has 1 aromatic heterocycles. The average molecular weight is 287 g/mol. The maximum absolute atomic E-state index is 11.7. The van der Waals surface area contributed by atoms with Crippen molar-refractivity contribution in [1.29, 1.82) is 0 Å². The fourth-order valence-corrected chi connectivity index (χ4v) is 1.94. The van der Waals surface area contributed by atoms with Crippen LogP contribution in [0.4, 0.5) is 5.13 Å². The van der Waals surface area contributed by atoms with Crippen LogP contribution in [0.3, 0.4) is 0 Å². The summed E-state index contributed by atoms with van der Waals surface area (Å²) in [5.74, 6) is -2.22. The predicted octanol–water partition coefficient (Wildman–Crippen LogP) is -0.333. The molecule has 1 aromatic rings. The molecule has 0 fully saturated rings. The minimum Gasteiger partial charge on any atom is -0.480 e. The number of thiazole rings is 1. The second kappa shape index (κ2) is 6.81. The number of aromatic nitrogens is 1. The summed E-state index contributed by atoms with van der Waals surface area (Å²) in [6.45, 7) is 0.953. The molecule has 2 amide bonds. The van der Waals surface area contributed by atoms with Crippen LogP contribution >= 0.6 is 11.3 Å². The van der Waals surface area contributed by atoms with Crippen molar-refractivity contribution in [2.24, 2.45) is 0 Å². The lowest BCUT2D eigenvalue weighted by molar-refractivity contribution is -0.139. The molecule has 0 spiro atoms. The Labute approximate surface area is 112 Å². The Kier molecular flexibility index (Phi) is 5.39. The van der Waals surface area contributed by atoms with Gasteiger partial charge in [-0.05, 0) is 0 Å². The molecular weight excluding hydrogens is 274 g/mol. The summed E-state index contributed by atoms with van der Waals surface area (Å²) < 4.78 is 0. The minimum atomic E-state index is -1.24. The van der Waals surface area contributed by atoms with Crippen LogP contribution < -0.4 is 10.6 Å². The maximum Gasteiger partial charge on any atom is 0.326 e. The molecule has 0 saturated heterocycles. The van der Waals surface area contributed by atoms with Crippen molar-refractivity contribution in [2.75, 3.05) is 11.9 Å². The van der Waals surface area contributed by atoms with Crippen LogP contribution in [0.1, 0.15) is 23.8 Å². The molecule has 0 radical (unpaired) electrons. The lowest BCUT2D eigenvalue weighted by Crippen LogP contribution is -2.41. The molecular formula is C10H13N3O5S. The number of hydrogen-bond acceptors (Lipinski definition) is 6. The number of anilines is 1. The minimum absolute atomic E-state index is 0.0120. The highest BCUT2D eigenvalue weighted by molar-refractivity contribution is 7.14. The standard InChI is InChI=1S/C10H13N3O5S/c1-5(15)11-10-13-7(4-19-10)8(16)12-6(2-3-14)9(17)18/h4,6,14H,2-3H2,1H3,(H,12,16)(H,17,18)(H,11,13,15). The van der Waals surface area contributed by atoms with Gasteiger partial charge in [-0.15, -0.1) is 11.3 Å². The van der Waals surface area contributed by atoms with E-state index in [-0.39, 0.29) is 29.8 Å². The van der Waals surface area contributed by atoms with Crippen molar-refractivity contribution in [2.45, 2.75) is 19.4 Å². The van der Waals surface area contributed by atoms with E-state index >= 15 is 0 Å². The number of aliphatic hydroxyl groups excluding tert-OH is 1. The van der Waals surface area contributed by atoms with Gasteiger partial charge in [-0.25, -0.2) is 9.78 Å². The van der Waals surface area contributed by atoms with E-state index in [1.807, 2.05) is 0 Å². The Morgan fingerprint density at radius 3 is 2.68 bits per heavy atom. The molecule has 0 bridgehead atoms. The third-order valence-electron chi connectivity index (χ3n) is 2.04. The van der Waals surface area contributed by atoms with Crippen molar-refractivity contribution < 1.29 is 24.6 Å². The van der Waals surface area contributed by atoms with Crippen molar-refractivity contribution in [3.8, 4) is 0 Å². The van der Waals surface area contributed by atoms with Gasteiger partial charge in [-0.3, -0.25) is 9.59 Å². The Balaban J connectivity index is 2.69. The smallest absolute Gasteiger partial charge is 0.326 e. The lowest BCUT2D eigenvalue weighted by atomic mass is 10.2. The van der Waals surface area contributed by atoms with E-state index in [1.165, 1.54) is 12.3 Å². The van der Waals surface area contributed by atoms with Gasteiger partial charge in [0.2, 0.25) is 5.91 Å². The number of aliphatic hydroxyl groups is 1. The summed E-state index contributed by atoms with van der Waals surface area (Å²) in [6.07, 6.45) is -0.0935. The van der Waals surface area contributed by atoms with E-state index in [4.69, 9.17) is 10.2 Å². The van der Waals surface area contributed by atoms with Crippen LogP contribution in [0.5, 0.6) is 0 Å². The number of hydrogen-bond donors (Lipinski definition) is 4. The number of carbonyl (C=O) groups excluding carboxylic acids is 2. The van der Waals surface area contributed by atoms with Crippen LogP contribution in [0, 0.1) is 0 Å². The van der Waals surface area contributed by atoms with Gasteiger partial charge in [0.1, 0.15) is 11.7 Å². The summed E-state index contributed by atoms with van der Waals surface area (Å²) in [5.41, 5.74) is 0.0120. The number of rotatable bonds is 6. The Bertz CT molecular complexity index is 487. The molecule has 1 atom stereocenters. The summed E-state index contributed by atoms with van der Waals surface area (Å²) in [4.78, 5) is 37.2. The fourth-order valence-electron chi connectivity index (χ4n) is 1.20. The number of aliphatic carboxylic acids is 1. The third-order valence-corrected chi connectivity index (χ3v) is 2.80.